The smallest absolute Gasteiger partial charge is 0.245 e. The second kappa shape index (κ2) is 7.31. The molecule has 0 bridgehead atoms. The number of benzene rings is 1. The molecule has 2 rings (SSSR count). The Morgan fingerprint density at radius 3 is 2.73 bits per heavy atom. The maximum atomic E-state index is 12.3. The van der Waals surface area contributed by atoms with Crippen LogP contribution in [0, 0.1) is 0 Å². The summed E-state index contributed by atoms with van der Waals surface area (Å²) in [6, 6.07) is 4.73. The van der Waals surface area contributed by atoms with Crippen LogP contribution in [0.15, 0.2) is 18.2 Å². The van der Waals surface area contributed by atoms with Crippen LogP contribution in [0.5, 0.6) is 0 Å². The van der Waals surface area contributed by atoms with Crippen LogP contribution in [0.2, 0.25) is 10.0 Å². The first-order chi connectivity index (χ1) is 10.5. The lowest BCUT2D eigenvalue weighted by molar-refractivity contribution is -0.156. The molecule has 22 heavy (non-hydrogen) atoms. The largest absolute Gasteiger partial charge is 0.383 e. The highest BCUT2D eigenvalue weighted by atomic mass is 35.5. The third-order valence-electron chi connectivity index (χ3n) is 3.72. The number of carbonyl (C=O) groups is 2. The molecule has 5 nitrogen and oxygen atoms in total. The van der Waals surface area contributed by atoms with Crippen LogP contribution in [0.25, 0.3) is 0 Å². The molecule has 1 saturated heterocycles. The van der Waals surface area contributed by atoms with Gasteiger partial charge in [0, 0.05) is 20.2 Å². The van der Waals surface area contributed by atoms with Crippen molar-refractivity contribution >= 4 is 35.0 Å². The van der Waals surface area contributed by atoms with Crippen LogP contribution >= 0.6 is 23.2 Å². The predicted octanol–water partition coefficient (Wildman–Crippen LogP) is 2.20. The molecule has 120 valence electrons. The fourth-order valence-corrected chi connectivity index (χ4v) is 2.80. The Bertz CT molecular complexity index is 580. The first-order valence-corrected chi connectivity index (χ1v) is 7.71. The van der Waals surface area contributed by atoms with Crippen molar-refractivity contribution in [1.29, 1.82) is 0 Å². The third-order valence-corrected chi connectivity index (χ3v) is 4.58. The van der Waals surface area contributed by atoms with Crippen molar-refractivity contribution in [2.24, 2.45) is 0 Å². The number of piperazine rings is 1. The van der Waals surface area contributed by atoms with Gasteiger partial charge in [0.05, 0.1) is 23.2 Å². The summed E-state index contributed by atoms with van der Waals surface area (Å²) < 4.78 is 4.96. The van der Waals surface area contributed by atoms with Gasteiger partial charge in [0.15, 0.2) is 0 Å². The summed E-state index contributed by atoms with van der Waals surface area (Å²) in [5.74, 6) is -0.200. The Balaban J connectivity index is 2.14. The number of halogens is 2. The molecular weight excluding hydrogens is 327 g/mol. The van der Waals surface area contributed by atoms with E-state index in [1.807, 2.05) is 0 Å². The minimum atomic E-state index is -0.534. The van der Waals surface area contributed by atoms with E-state index in [1.54, 1.807) is 32.2 Å². The average molecular weight is 345 g/mol. The molecule has 0 N–H and O–H groups in total. The van der Waals surface area contributed by atoms with Gasteiger partial charge in [0.25, 0.3) is 0 Å². The normalized spacial score (nSPS) is 19.0. The maximum Gasteiger partial charge on any atom is 0.245 e. The van der Waals surface area contributed by atoms with E-state index in [-0.39, 0.29) is 24.9 Å². The van der Waals surface area contributed by atoms with Crippen LogP contribution in [-0.2, 0) is 20.9 Å². The van der Waals surface area contributed by atoms with Gasteiger partial charge in [-0.1, -0.05) is 35.3 Å². The van der Waals surface area contributed by atoms with Gasteiger partial charge in [0.1, 0.15) is 6.04 Å². The van der Waals surface area contributed by atoms with Crippen LogP contribution in [0.3, 0.4) is 0 Å². The molecule has 0 unspecified atom stereocenters. The summed E-state index contributed by atoms with van der Waals surface area (Å²) in [5.41, 5.74) is 0.729. The summed E-state index contributed by atoms with van der Waals surface area (Å²) in [5, 5.41) is 0.850. The van der Waals surface area contributed by atoms with E-state index in [0.29, 0.717) is 23.2 Å². The van der Waals surface area contributed by atoms with E-state index in [2.05, 4.69) is 0 Å². The first-order valence-electron chi connectivity index (χ1n) is 6.95. The van der Waals surface area contributed by atoms with Gasteiger partial charge in [-0.25, -0.2) is 0 Å². The van der Waals surface area contributed by atoms with E-state index in [9.17, 15) is 9.59 Å². The molecule has 1 atom stereocenters. The van der Waals surface area contributed by atoms with Crippen molar-refractivity contribution in [3.63, 3.8) is 0 Å². The number of carbonyl (C=O) groups excluding carboxylic acids is 2. The first kappa shape index (κ1) is 17.1. The van der Waals surface area contributed by atoms with E-state index in [4.69, 9.17) is 27.9 Å². The van der Waals surface area contributed by atoms with Gasteiger partial charge in [-0.05, 0) is 18.6 Å². The molecule has 2 amide bonds. The predicted molar refractivity (Wildman–Crippen MR) is 84.9 cm³/mol. The van der Waals surface area contributed by atoms with Gasteiger partial charge in [-0.15, -0.1) is 0 Å². The molecular formula is C15H18Cl2N2O3. The van der Waals surface area contributed by atoms with Crippen molar-refractivity contribution in [2.75, 3.05) is 26.8 Å². The van der Waals surface area contributed by atoms with Gasteiger partial charge < -0.3 is 14.5 Å². The second-order valence-corrected chi connectivity index (χ2v) is 5.95. The second-order valence-electron chi connectivity index (χ2n) is 5.16. The van der Waals surface area contributed by atoms with Crippen LogP contribution < -0.4 is 0 Å². The number of ether oxygens (including phenoxy) is 1. The lowest BCUT2D eigenvalue weighted by Gasteiger charge is -2.38. The lowest BCUT2D eigenvalue weighted by atomic mass is 10.1. The molecule has 1 aliphatic heterocycles. The molecule has 1 aromatic rings. The monoisotopic (exact) mass is 344 g/mol. The van der Waals surface area contributed by atoms with Crippen molar-refractivity contribution in [3.05, 3.63) is 33.8 Å². The summed E-state index contributed by atoms with van der Waals surface area (Å²) >= 11 is 12.1. The van der Waals surface area contributed by atoms with Crippen molar-refractivity contribution in [1.82, 2.24) is 9.80 Å². The highest BCUT2D eigenvalue weighted by Crippen LogP contribution is 2.27. The number of methoxy groups -OCH3 is 1. The van der Waals surface area contributed by atoms with Crippen molar-refractivity contribution in [2.45, 2.75) is 19.5 Å². The lowest BCUT2D eigenvalue weighted by Crippen LogP contribution is -2.58. The number of amides is 2. The Kier molecular flexibility index (Phi) is 5.67. The number of hydrogen-bond donors (Lipinski definition) is 0. The fourth-order valence-electron chi connectivity index (χ4n) is 2.42. The average Bonchev–Trinajstić information content (AvgIpc) is 2.50. The number of hydrogen-bond acceptors (Lipinski definition) is 3. The Hall–Kier alpha value is -1.30. The molecule has 1 aromatic carbocycles. The zero-order valence-corrected chi connectivity index (χ0v) is 14.0. The molecule has 1 fully saturated rings. The minimum absolute atomic E-state index is 0.0602. The Labute approximate surface area is 139 Å². The molecule has 0 aromatic heterocycles. The standard InChI is InChI=1S/C15H18Cl2N2O3/c1-10-15(21)18(6-7-22-2)9-13(20)19(10)8-11-4-3-5-12(16)14(11)17/h3-5,10H,6-9H2,1-2H3/t10-/m0/s1. The quantitative estimate of drug-likeness (QED) is 0.822. The molecule has 0 saturated carbocycles. The zero-order valence-electron chi connectivity index (χ0n) is 12.5. The maximum absolute atomic E-state index is 12.3. The number of nitrogens with zero attached hydrogens (tertiary/aromatic N) is 2. The number of rotatable bonds is 5. The van der Waals surface area contributed by atoms with Crippen LogP contribution in [0.1, 0.15) is 12.5 Å². The summed E-state index contributed by atoms with van der Waals surface area (Å²) in [4.78, 5) is 27.7. The minimum Gasteiger partial charge on any atom is -0.383 e. The molecule has 0 spiro atoms. The summed E-state index contributed by atoms with van der Waals surface area (Å²) in [7, 11) is 1.56. The van der Waals surface area contributed by atoms with Gasteiger partial charge in [0.2, 0.25) is 11.8 Å². The fraction of sp³-hybridized carbons (Fsp3) is 0.467. The zero-order chi connectivity index (χ0) is 16.3. The molecule has 7 heteroatoms. The van der Waals surface area contributed by atoms with Gasteiger partial charge in [-0.2, -0.15) is 0 Å². The van der Waals surface area contributed by atoms with E-state index in [0.717, 1.165) is 5.56 Å². The van der Waals surface area contributed by atoms with Crippen molar-refractivity contribution < 1.29 is 14.3 Å². The SMILES string of the molecule is COCCN1CC(=O)N(Cc2cccc(Cl)c2Cl)[C@@H](C)C1=O. The van der Waals surface area contributed by atoms with Crippen LogP contribution in [0.4, 0.5) is 0 Å². The highest BCUT2D eigenvalue weighted by Gasteiger charge is 2.36. The molecule has 0 aliphatic carbocycles. The van der Waals surface area contributed by atoms with Crippen LogP contribution in [-0.4, -0.2) is 54.5 Å². The highest BCUT2D eigenvalue weighted by molar-refractivity contribution is 6.42. The third kappa shape index (κ3) is 3.54. The molecule has 0 radical (unpaired) electrons. The Morgan fingerprint density at radius 2 is 2.05 bits per heavy atom. The summed E-state index contributed by atoms with van der Waals surface area (Å²) in [6.45, 7) is 2.87. The topological polar surface area (TPSA) is 49.9 Å². The molecule has 1 heterocycles. The van der Waals surface area contributed by atoms with Gasteiger partial charge in [-0.3, -0.25) is 9.59 Å². The molecule has 1 aliphatic rings. The Morgan fingerprint density at radius 1 is 1.32 bits per heavy atom. The van der Waals surface area contributed by atoms with E-state index >= 15 is 0 Å². The van der Waals surface area contributed by atoms with E-state index < -0.39 is 6.04 Å². The summed E-state index contributed by atoms with van der Waals surface area (Å²) in [6.07, 6.45) is 0. The van der Waals surface area contributed by atoms with Crippen molar-refractivity contribution in [3.8, 4) is 0 Å². The van der Waals surface area contributed by atoms with Gasteiger partial charge >= 0.3 is 0 Å². The van der Waals surface area contributed by atoms with E-state index in [1.165, 1.54) is 9.80 Å².